The Morgan fingerprint density at radius 3 is 1.68 bits per heavy atom. The summed E-state index contributed by atoms with van der Waals surface area (Å²) in [5.41, 5.74) is -8.07. The highest BCUT2D eigenvalue weighted by Crippen LogP contribution is 2.69. The molecule has 16 nitrogen and oxygen atoms in total. The van der Waals surface area contributed by atoms with E-state index in [2.05, 4.69) is 0 Å². The second-order valence-corrected chi connectivity index (χ2v) is 24.6. The van der Waals surface area contributed by atoms with E-state index in [1.165, 1.54) is 0 Å². The minimum atomic E-state index is -1.86. The number of fused-ring (bicyclic) bond motifs is 10. The summed E-state index contributed by atoms with van der Waals surface area (Å²) in [4.78, 5) is 67.2. The van der Waals surface area contributed by atoms with Gasteiger partial charge in [0, 0.05) is 53.3 Å². The monoisotopic (exact) mass is 1080 g/mol. The van der Waals surface area contributed by atoms with Gasteiger partial charge in [0.2, 0.25) is 0 Å². The number of ether oxygens (including phenoxy) is 5. The molecule has 4 saturated carbocycles. The second kappa shape index (κ2) is 19.9. The highest BCUT2D eigenvalue weighted by atomic mass is 35.5. The number of alkyl halides is 2. The van der Waals surface area contributed by atoms with Crippen molar-refractivity contribution in [3.05, 3.63) is 58.2 Å². The van der Waals surface area contributed by atoms with E-state index in [1.54, 1.807) is 71.9 Å². The van der Waals surface area contributed by atoms with E-state index in [9.17, 15) is 54.6 Å². The molecule has 4 bridgehead atoms. The van der Waals surface area contributed by atoms with E-state index in [0.717, 1.165) is 0 Å². The normalized spacial score (nSPS) is 44.3. The number of halogens is 2. The number of benzene rings is 1. The van der Waals surface area contributed by atoms with Crippen molar-refractivity contribution < 1.29 is 78.3 Å². The summed E-state index contributed by atoms with van der Waals surface area (Å²) in [6, 6.07) is 8.38. The van der Waals surface area contributed by atoms with E-state index in [4.69, 9.17) is 46.9 Å². The topological polar surface area (TPSA) is 253 Å². The van der Waals surface area contributed by atoms with Crippen LogP contribution < -0.4 is 0 Å². The molecule has 1 aromatic carbocycles. The zero-order valence-corrected chi connectivity index (χ0v) is 44.5. The zero-order valence-electron chi connectivity index (χ0n) is 43.0. The van der Waals surface area contributed by atoms with Gasteiger partial charge in [0.1, 0.15) is 35.7 Å². The fraction of sp³-hybridized carbons (Fsp3) is 0.732. The SMILES string of the molecule is C.C.CC1=C2[C@@H](O)C(=O)[C@@]3(C)C([C@H](OC(=O)c4ccccc4)[C@](O)(C[C@@H]1O)C2(C)C)[C@]1(C)CO[C@@H]1C[C@@H]3O.CC1=C2[C@@H](OC(=O)CCl)C(=O)[C@@]3(C)C([C@H](C)[C@](O)(C[C@@H]1O)C2(C)C)[C@]1(C)CO[C@@H]1C[C@@H]3OC(=O)CCl. The van der Waals surface area contributed by atoms with Crippen molar-refractivity contribution in [2.24, 2.45) is 50.2 Å². The van der Waals surface area contributed by atoms with Crippen LogP contribution in [0, 0.1) is 50.2 Å². The first kappa shape index (κ1) is 59.9. The molecule has 414 valence electrons. The number of hydrogen-bond acceptors (Lipinski definition) is 16. The molecule has 2 heterocycles. The molecule has 0 amide bonds. The molecule has 2 unspecified atom stereocenters. The zero-order chi connectivity index (χ0) is 53.4. The molecule has 74 heavy (non-hydrogen) atoms. The molecule has 2 aliphatic heterocycles. The lowest BCUT2D eigenvalue weighted by Crippen LogP contribution is -2.77. The minimum Gasteiger partial charge on any atom is -0.460 e. The molecule has 0 radical (unpaired) electrons. The van der Waals surface area contributed by atoms with Crippen molar-refractivity contribution in [1.82, 2.24) is 0 Å². The first-order valence-electron chi connectivity index (χ1n) is 25.0. The van der Waals surface area contributed by atoms with E-state index < -0.39 is 146 Å². The van der Waals surface area contributed by atoms with Crippen molar-refractivity contribution in [3.8, 4) is 0 Å². The molecule has 2 saturated heterocycles. The maximum absolute atomic E-state index is 14.7. The molecule has 18 heteroatoms. The lowest BCUT2D eigenvalue weighted by atomic mass is 9.40. The van der Waals surface area contributed by atoms with Gasteiger partial charge in [-0.3, -0.25) is 19.2 Å². The Morgan fingerprint density at radius 2 is 1.15 bits per heavy atom. The molecule has 6 aliphatic carbocycles. The fourth-order valence-electron chi connectivity index (χ4n) is 15.7. The minimum absolute atomic E-state index is 0. The van der Waals surface area contributed by atoms with Gasteiger partial charge in [-0.05, 0) is 74.0 Å². The van der Waals surface area contributed by atoms with Crippen molar-refractivity contribution in [3.63, 3.8) is 0 Å². The van der Waals surface area contributed by atoms with E-state index in [-0.39, 0.29) is 70.3 Å². The predicted molar refractivity (Wildman–Crippen MR) is 274 cm³/mol. The summed E-state index contributed by atoms with van der Waals surface area (Å²) < 4.78 is 29.4. The van der Waals surface area contributed by atoms with E-state index in [0.29, 0.717) is 23.3 Å². The largest absolute Gasteiger partial charge is 0.460 e. The maximum Gasteiger partial charge on any atom is 0.338 e. The Bertz CT molecular complexity index is 2480. The Labute approximate surface area is 445 Å². The van der Waals surface area contributed by atoms with Gasteiger partial charge in [-0.15, -0.1) is 23.2 Å². The van der Waals surface area contributed by atoms with Crippen molar-refractivity contribution in [1.29, 1.82) is 0 Å². The molecule has 9 rings (SSSR count). The number of ketones is 2. The van der Waals surface area contributed by atoms with Gasteiger partial charge in [-0.1, -0.05) is 81.5 Å². The third-order valence-electron chi connectivity index (χ3n) is 20.1. The van der Waals surface area contributed by atoms with Gasteiger partial charge in [-0.25, -0.2) is 4.79 Å². The van der Waals surface area contributed by atoms with Crippen LogP contribution in [0.3, 0.4) is 0 Å². The highest BCUT2D eigenvalue weighted by Gasteiger charge is 2.76. The van der Waals surface area contributed by atoms with Crippen LogP contribution in [-0.4, -0.2) is 151 Å². The van der Waals surface area contributed by atoms with Crippen molar-refractivity contribution in [2.75, 3.05) is 25.0 Å². The number of hydrogen-bond donors (Lipinski definition) is 6. The predicted octanol–water partition coefficient (Wildman–Crippen LogP) is 5.83. The Morgan fingerprint density at radius 1 is 0.662 bits per heavy atom. The number of aliphatic hydroxyl groups excluding tert-OH is 4. The highest BCUT2D eigenvalue weighted by molar-refractivity contribution is 6.26. The van der Waals surface area contributed by atoms with Gasteiger partial charge in [-0.2, -0.15) is 0 Å². The fourth-order valence-corrected chi connectivity index (χ4v) is 15.8. The molecule has 1 aromatic rings. The van der Waals surface area contributed by atoms with Crippen LogP contribution in [-0.2, 0) is 42.9 Å². The van der Waals surface area contributed by atoms with Crippen LogP contribution >= 0.6 is 23.2 Å². The lowest BCUT2D eigenvalue weighted by molar-refractivity contribution is -0.313. The van der Waals surface area contributed by atoms with Gasteiger partial charge in [0.05, 0.1) is 65.7 Å². The smallest absolute Gasteiger partial charge is 0.338 e. The van der Waals surface area contributed by atoms with Crippen molar-refractivity contribution in [2.45, 2.75) is 183 Å². The van der Waals surface area contributed by atoms with Gasteiger partial charge in [0.15, 0.2) is 17.7 Å². The number of aliphatic hydroxyl groups is 6. The number of Topliss-reactive ketones (excluding diaryl/α,β-unsaturated/α-hetero) is 2. The Kier molecular flexibility index (Phi) is 16.1. The average Bonchev–Trinajstić information content (AvgIpc) is 3.32. The molecular weight excluding hydrogens is 1000 g/mol. The quantitative estimate of drug-likeness (QED) is 0.0848. The molecular formula is C56H80Cl2O16. The van der Waals surface area contributed by atoms with Gasteiger partial charge < -0.3 is 54.3 Å². The van der Waals surface area contributed by atoms with Gasteiger partial charge in [0.25, 0.3) is 0 Å². The lowest BCUT2D eigenvalue weighted by Gasteiger charge is -2.68. The number of rotatable bonds is 6. The molecule has 8 aliphatic rings. The van der Waals surface area contributed by atoms with Crippen LogP contribution in [0.2, 0.25) is 0 Å². The summed E-state index contributed by atoms with van der Waals surface area (Å²) in [5.74, 6) is -6.02. The molecule has 6 fully saturated rings. The summed E-state index contributed by atoms with van der Waals surface area (Å²) in [6.45, 7) is 20.1. The summed E-state index contributed by atoms with van der Waals surface area (Å²) in [6.07, 6.45) is -9.05. The Balaban J connectivity index is 0.000000235. The van der Waals surface area contributed by atoms with Crippen LogP contribution in [0.15, 0.2) is 52.6 Å². The van der Waals surface area contributed by atoms with Crippen molar-refractivity contribution >= 4 is 52.7 Å². The second-order valence-electron chi connectivity index (χ2n) is 24.1. The summed E-state index contributed by atoms with van der Waals surface area (Å²) >= 11 is 11.5. The molecule has 0 aromatic heterocycles. The molecule has 6 N–H and O–H groups in total. The third-order valence-corrected chi connectivity index (χ3v) is 20.5. The van der Waals surface area contributed by atoms with Crippen LogP contribution in [0.4, 0.5) is 0 Å². The maximum atomic E-state index is 14.7. The van der Waals surface area contributed by atoms with Crippen LogP contribution in [0.1, 0.15) is 127 Å². The summed E-state index contributed by atoms with van der Waals surface area (Å²) in [7, 11) is 0. The van der Waals surface area contributed by atoms with Crippen LogP contribution in [0.25, 0.3) is 0 Å². The first-order chi connectivity index (χ1) is 33.3. The molecule has 0 spiro atoms. The summed E-state index contributed by atoms with van der Waals surface area (Å²) in [5, 5.41) is 69.9. The average molecular weight is 1080 g/mol. The van der Waals surface area contributed by atoms with Crippen LogP contribution in [0.5, 0.6) is 0 Å². The standard InChI is InChI=1S/C28H36O8.C26H36Cl2O8.2CH4/c1-14-16(29)12-28(34)23(36-24(33)15-9-7-6-8-10-15)21-26(4)13-35-18(26)11-17(30)27(21,5)22(32)20(31)19(14)25(28,2)3;1-12-14(29)8-26(33)13(2)21-24(5)11-34-15(24)7-16(35-17(30)9-27)25(21,6)22(32)20(36-18(31)10-28)19(12)23(26,3)4;;/h6-10,16-18,20-21,23,29-31,34H,11-13H2,1-5H3;13-16,20-21,29,33H,7-11H2,1-6H3;2*1H4/t16-,17-,18+,20+,21?,23-,26+,27+,28+;13-,14-,15+,16-,20+,21?,24+,25+,26+;;/m00../s1. The van der Waals surface area contributed by atoms with E-state index >= 15 is 0 Å². The first-order valence-corrected chi connectivity index (χ1v) is 26.1. The number of carbonyl (C=O) groups is 5. The van der Waals surface area contributed by atoms with Gasteiger partial charge >= 0.3 is 17.9 Å². The van der Waals surface area contributed by atoms with E-state index in [1.807, 2.05) is 34.6 Å². The number of carbonyl (C=O) groups excluding carboxylic acids is 5. The third kappa shape index (κ3) is 8.14. The molecule has 18 atom stereocenters. The Hall–Kier alpha value is -3.29. The number of esters is 3.